The number of nitrogens with one attached hydrogen (secondary N) is 2. The number of aryl methyl sites for hydroxylation is 1. The van der Waals surface area contributed by atoms with Crippen molar-refractivity contribution < 1.29 is 4.42 Å². The van der Waals surface area contributed by atoms with Gasteiger partial charge in [-0.05, 0) is 43.4 Å². The molecule has 24 heavy (non-hydrogen) atoms. The second-order valence-electron chi connectivity index (χ2n) is 5.26. The zero-order valence-corrected chi connectivity index (χ0v) is 14.0. The smallest absolute Gasteiger partial charge is 0.191 e. The number of furan rings is 1. The van der Waals surface area contributed by atoms with E-state index in [0.29, 0.717) is 10.9 Å². The van der Waals surface area contributed by atoms with Gasteiger partial charge in [0.15, 0.2) is 5.11 Å². The Morgan fingerprint density at radius 1 is 1.00 bits per heavy atom. The number of hydrogen-bond acceptors (Lipinski definition) is 3. The molecule has 3 rings (SSSR count). The molecule has 4 nitrogen and oxygen atoms in total. The van der Waals surface area contributed by atoms with Crippen molar-refractivity contribution in [2.75, 3.05) is 5.32 Å². The molecular weight excluding hydrogens is 318 g/mol. The largest absolute Gasteiger partial charge is 0.455 e. The lowest BCUT2D eigenvalue weighted by Gasteiger charge is -2.06. The van der Waals surface area contributed by atoms with Crippen molar-refractivity contribution in [2.24, 2.45) is 5.10 Å². The molecule has 0 aliphatic heterocycles. The Hall–Kier alpha value is -2.92. The Kier molecular flexibility index (Phi) is 5.03. The van der Waals surface area contributed by atoms with E-state index < -0.39 is 0 Å². The Balaban J connectivity index is 1.55. The van der Waals surface area contributed by atoms with Gasteiger partial charge in [-0.25, -0.2) is 0 Å². The van der Waals surface area contributed by atoms with Crippen LogP contribution >= 0.6 is 12.2 Å². The predicted molar refractivity (Wildman–Crippen MR) is 102 cm³/mol. The normalized spacial score (nSPS) is 10.7. The molecule has 0 bridgehead atoms. The minimum atomic E-state index is 0.421. The van der Waals surface area contributed by atoms with Crippen molar-refractivity contribution in [2.45, 2.75) is 6.92 Å². The lowest BCUT2D eigenvalue weighted by molar-refractivity contribution is 0.574. The van der Waals surface area contributed by atoms with Gasteiger partial charge in [-0.1, -0.05) is 48.0 Å². The summed E-state index contributed by atoms with van der Waals surface area (Å²) in [6.45, 7) is 2.04. The summed E-state index contributed by atoms with van der Waals surface area (Å²) in [7, 11) is 0. The van der Waals surface area contributed by atoms with Crippen LogP contribution in [0, 0.1) is 6.92 Å². The summed E-state index contributed by atoms with van der Waals surface area (Å²) in [5, 5.41) is 7.57. The molecule has 0 fully saturated rings. The van der Waals surface area contributed by atoms with Crippen LogP contribution < -0.4 is 10.7 Å². The third-order valence-corrected chi connectivity index (χ3v) is 3.55. The van der Waals surface area contributed by atoms with Gasteiger partial charge < -0.3 is 9.73 Å². The van der Waals surface area contributed by atoms with Crippen LogP contribution in [-0.4, -0.2) is 11.3 Å². The quantitative estimate of drug-likeness (QED) is 0.416. The van der Waals surface area contributed by atoms with Crippen molar-refractivity contribution in [3.8, 4) is 11.3 Å². The first-order valence-electron chi connectivity index (χ1n) is 7.53. The molecule has 2 aromatic carbocycles. The molecule has 0 atom stereocenters. The van der Waals surface area contributed by atoms with Gasteiger partial charge in [-0.2, -0.15) is 5.10 Å². The van der Waals surface area contributed by atoms with Gasteiger partial charge in [0.1, 0.15) is 11.5 Å². The van der Waals surface area contributed by atoms with Crippen LogP contribution in [0.5, 0.6) is 0 Å². The topological polar surface area (TPSA) is 49.6 Å². The van der Waals surface area contributed by atoms with Crippen molar-refractivity contribution in [1.82, 2.24) is 5.43 Å². The number of thiocarbonyl (C=S) groups is 1. The molecule has 2 N–H and O–H groups in total. The highest BCUT2D eigenvalue weighted by atomic mass is 32.1. The molecule has 120 valence electrons. The SMILES string of the molecule is Cc1ccc(NC(=S)N/N=C\c2ccc(-c3ccccc3)o2)cc1. The van der Waals surface area contributed by atoms with Crippen LogP contribution in [0.15, 0.2) is 76.2 Å². The number of hydrogen-bond donors (Lipinski definition) is 2. The average Bonchev–Trinajstić information content (AvgIpc) is 3.07. The van der Waals surface area contributed by atoms with E-state index in [4.69, 9.17) is 16.6 Å². The van der Waals surface area contributed by atoms with Crippen molar-refractivity contribution in [3.63, 3.8) is 0 Å². The molecule has 3 aromatic rings. The van der Waals surface area contributed by atoms with E-state index in [0.717, 1.165) is 17.0 Å². The molecule has 1 heterocycles. The summed E-state index contributed by atoms with van der Waals surface area (Å²) in [6, 6.07) is 21.7. The van der Waals surface area contributed by atoms with E-state index in [1.54, 1.807) is 6.21 Å². The van der Waals surface area contributed by atoms with Gasteiger partial charge in [0.05, 0.1) is 6.21 Å². The summed E-state index contributed by atoms with van der Waals surface area (Å²) in [5.41, 5.74) is 5.92. The van der Waals surface area contributed by atoms with Crippen LogP contribution in [0.3, 0.4) is 0 Å². The summed E-state index contributed by atoms with van der Waals surface area (Å²) in [6.07, 6.45) is 1.59. The first kappa shape index (κ1) is 16.0. The number of hydrazone groups is 1. The van der Waals surface area contributed by atoms with Gasteiger partial charge >= 0.3 is 0 Å². The van der Waals surface area contributed by atoms with E-state index in [2.05, 4.69) is 15.8 Å². The van der Waals surface area contributed by atoms with Gasteiger partial charge in [-0.15, -0.1) is 0 Å². The highest BCUT2D eigenvalue weighted by Gasteiger charge is 2.02. The zero-order chi connectivity index (χ0) is 16.8. The maximum Gasteiger partial charge on any atom is 0.191 e. The van der Waals surface area contributed by atoms with E-state index >= 15 is 0 Å². The second-order valence-corrected chi connectivity index (χ2v) is 5.67. The first-order valence-corrected chi connectivity index (χ1v) is 7.93. The zero-order valence-electron chi connectivity index (χ0n) is 13.2. The third-order valence-electron chi connectivity index (χ3n) is 3.35. The van der Waals surface area contributed by atoms with Crippen LogP contribution in [0.2, 0.25) is 0 Å². The highest BCUT2D eigenvalue weighted by molar-refractivity contribution is 7.80. The maximum absolute atomic E-state index is 5.73. The van der Waals surface area contributed by atoms with Crippen molar-refractivity contribution in [1.29, 1.82) is 0 Å². The van der Waals surface area contributed by atoms with Crippen LogP contribution in [0.25, 0.3) is 11.3 Å². The summed E-state index contributed by atoms with van der Waals surface area (Å²) >= 11 is 5.20. The minimum absolute atomic E-state index is 0.421. The fourth-order valence-electron chi connectivity index (χ4n) is 2.13. The van der Waals surface area contributed by atoms with E-state index in [1.807, 2.05) is 73.7 Å². The second kappa shape index (κ2) is 7.57. The van der Waals surface area contributed by atoms with Gasteiger partial charge in [-0.3, -0.25) is 5.43 Å². The first-order chi connectivity index (χ1) is 11.7. The summed E-state index contributed by atoms with van der Waals surface area (Å²) in [4.78, 5) is 0. The summed E-state index contributed by atoms with van der Waals surface area (Å²) < 4.78 is 5.73. The lowest BCUT2D eigenvalue weighted by Crippen LogP contribution is -2.23. The molecule has 0 radical (unpaired) electrons. The predicted octanol–water partition coefficient (Wildman–Crippen LogP) is 4.58. The van der Waals surface area contributed by atoms with Gasteiger partial charge in [0.2, 0.25) is 0 Å². The minimum Gasteiger partial charge on any atom is -0.455 e. The number of rotatable bonds is 4. The van der Waals surface area contributed by atoms with Gasteiger partial charge in [0, 0.05) is 11.3 Å². The molecule has 0 saturated carbocycles. The Morgan fingerprint density at radius 3 is 2.50 bits per heavy atom. The third kappa shape index (κ3) is 4.30. The Labute approximate surface area is 146 Å². The average molecular weight is 335 g/mol. The number of nitrogens with zero attached hydrogens (tertiary/aromatic N) is 1. The maximum atomic E-state index is 5.73. The van der Waals surface area contributed by atoms with Crippen LogP contribution in [-0.2, 0) is 0 Å². The lowest BCUT2D eigenvalue weighted by atomic mass is 10.2. The molecule has 0 spiro atoms. The molecule has 1 aromatic heterocycles. The van der Waals surface area contributed by atoms with Crippen LogP contribution in [0.4, 0.5) is 5.69 Å². The van der Waals surface area contributed by atoms with Crippen molar-refractivity contribution >= 4 is 29.2 Å². The molecule has 0 unspecified atom stereocenters. The van der Waals surface area contributed by atoms with E-state index in [9.17, 15) is 0 Å². The van der Waals surface area contributed by atoms with E-state index in [1.165, 1.54) is 5.56 Å². The van der Waals surface area contributed by atoms with Gasteiger partial charge in [0.25, 0.3) is 0 Å². The summed E-state index contributed by atoms with van der Waals surface area (Å²) in [5.74, 6) is 1.46. The molecule has 0 saturated heterocycles. The Morgan fingerprint density at radius 2 is 1.75 bits per heavy atom. The molecule has 5 heteroatoms. The Bertz CT molecular complexity index is 839. The fourth-order valence-corrected chi connectivity index (χ4v) is 2.30. The van der Waals surface area contributed by atoms with E-state index in [-0.39, 0.29) is 0 Å². The standard InChI is InChI=1S/C19H17N3OS/c1-14-7-9-16(10-8-14)21-19(24)22-20-13-17-11-12-18(23-17)15-5-3-2-4-6-15/h2-13H,1H3,(H2,21,22,24)/b20-13-. The molecular formula is C19H17N3OS. The fraction of sp³-hybridized carbons (Fsp3) is 0.0526. The number of anilines is 1. The molecule has 0 amide bonds. The van der Waals surface area contributed by atoms with Crippen molar-refractivity contribution in [3.05, 3.63) is 78.1 Å². The highest BCUT2D eigenvalue weighted by Crippen LogP contribution is 2.20. The monoisotopic (exact) mass is 335 g/mol. The molecule has 0 aliphatic carbocycles. The molecule has 0 aliphatic rings. The van der Waals surface area contributed by atoms with Crippen LogP contribution in [0.1, 0.15) is 11.3 Å². The number of benzene rings is 2.